The summed E-state index contributed by atoms with van der Waals surface area (Å²) in [7, 11) is 0. The molecule has 0 aliphatic rings. The zero-order valence-corrected chi connectivity index (χ0v) is 13.8. The van der Waals surface area contributed by atoms with Gasteiger partial charge in [-0.2, -0.15) is 0 Å². The minimum absolute atomic E-state index is 0.487. The second-order valence-corrected chi connectivity index (χ2v) is 6.11. The molecule has 1 atom stereocenters. The monoisotopic (exact) mass is 300 g/mol. The SMILES string of the molecule is CCCC(c1ccccc1)c1ccccc1Cc1ccccc1. The van der Waals surface area contributed by atoms with Crippen molar-refractivity contribution in [2.75, 3.05) is 0 Å². The molecule has 0 nitrogen and oxygen atoms in total. The Kier molecular flexibility index (Phi) is 5.26. The Morgan fingerprint density at radius 3 is 2.00 bits per heavy atom. The smallest absolute Gasteiger partial charge is 0.00920 e. The zero-order chi connectivity index (χ0) is 15.9. The topological polar surface area (TPSA) is 0 Å². The minimum atomic E-state index is 0.487. The van der Waals surface area contributed by atoms with E-state index in [1.165, 1.54) is 35.1 Å². The molecule has 116 valence electrons. The molecule has 23 heavy (non-hydrogen) atoms. The van der Waals surface area contributed by atoms with E-state index in [2.05, 4.69) is 91.9 Å². The summed E-state index contributed by atoms with van der Waals surface area (Å²) in [4.78, 5) is 0. The number of rotatable bonds is 6. The maximum Gasteiger partial charge on any atom is 0.00920 e. The molecule has 0 saturated carbocycles. The van der Waals surface area contributed by atoms with Crippen molar-refractivity contribution in [1.29, 1.82) is 0 Å². The molecule has 0 aliphatic heterocycles. The summed E-state index contributed by atoms with van der Waals surface area (Å²) in [5, 5.41) is 0. The van der Waals surface area contributed by atoms with Gasteiger partial charge in [-0.1, -0.05) is 98.3 Å². The van der Waals surface area contributed by atoms with Crippen LogP contribution in [0.25, 0.3) is 0 Å². The molecule has 0 spiro atoms. The van der Waals surface area contributed by atoms with E-state index in [4.69, 9.17) is 0 Å². The molecule has 3 aromatic carbocycles. The van der Waals surface area contributed by atoms with Crippen molar-refractivity contribution in [3.8, 4) is 0 Å². The van der Waals surface area contributed by atoms with E-state index in [-0.39, 0.29) is 0 Å². The lowest BCUT2D eigenvalue weighted by Crippen LogP contribution is -2.05. The lowest BCUT2D eigenvalue weighted by Gasteiger charge is -2.21. The average molecular weight is 300 g/mol. The van der Waals surface area contributed by atoms with Crippen LogP contribution in [0.4, 0.5) is 0 Å². The maximum absolute atomic E-state index is 2.31. The van der Waals surface area contributed by atoms with Gasteiger partial charge in [0.2, 0.25) is 0 Å². The van der Waals surface area contributed by atoms with Crippen LogP contribution >= 0.6 is 0 Å². The van der Waals surface area contributed by atoms with E-state index >= 15 is 0 Å². The Morgan fingerprint density at radius 1 is 0.696 bits per heavy atom. The van der Waals surface area contributed by atoms with Crippen molar-refractivity contribution in [3.63, 3.8) is 0 Å². The summed E-state index contributed by atoms with van der Waals surface area (Å²) in [6.07, 6.45) is 3.39. The van der Waals surface area contributed by atoms with Crippen LogP contribution in [0.15, 0.2) is 84.9 Å². The van der Waals surface area contributed by atoms with Crippen LogP contribution < -0.4 is 0 Å². The van der Waals surface area contributed by atoms with Crippen molar-refractivity contribution in [2.45, 2.75) is 32.1 Å². The number of hydrogen-bond donors (Lipinski definition) is 0. The van der Waals surface area contributed by atoms with E-state index in [0.717, 1.165) is 6.42 Å². The second-order valence-electron chi connectivity index (χ2n) is 6.11. The summed E-state index contributed by atoms with van der Waals surface area (Å²) in [6.45, 7) is 2.27. The Hall–Kier alpha value is -2.34. The van der Waals surface area contributed by atoms with Gasteiger partial charge in [-0.25, -0.2) is 0 Å². The van der Waals surface area contributed by atoms with Crippen LogP contribution in [0, 0.1) is 0 Å². The van der Waals surface area contributed by atoms with Crippen LogP contribution in [-0.4, -0.2) is 0 Å². The molecule has 0 bridgehead atoms. The molecule has 0 saturated heterocycles. The Bertz CT molecular complexity index is 713. The summed E-state index contributed by atoms with van der Waals surface area (Å²) >= 11 is 0. The van der Waals surface area contributed by atoms with E-state index in [0.29, 0.717) is 5.92 Å². The predicted octanol–water partition coefficient (Wildman–Crippen LogP) is 6.21. The summed E-state index contributed by atoms with van der Waals surface area (Å²) < 4.78 is 0. The van der Waals surface area contributed by atoms with Gasteiger partial charge in [0.05, 0.1) is 0 Å². The van der Waals surface area contributed by atoms with Crippen molar-refractivity contribution in [3.05, 3.63) is 107 Å². The molecule has 0 aliphatic carbocycles. The van der Waals surface area contributed by atoms with Crippen molar-refractivity contribution in [2.24, 2.45) is 0 Å². The molecule has 0 fully saturated rings. The van der Waals surface area contributed by atoms with E-state index in [9.17, 15) is 0 Å². The third-order valence-corrected chi connectivity index (χ3v) is 4.45. The van der Waals surface area contributed by atoms with Crippen LogP contribution in [0.1, 0.15) is 47.9 Å². The molecule has 1 unspecified atom stereocenters. The molecule has 0 aromatic heterocycles. The second kappa shape index (κ2) is 7.78. The first-order valence-corrected chi connectivity index (χ1v) is 8.55. The van der Waals surface area contributed by atoms with Crippen molar-refractivity contribution in [1.82, 2.24) is 0 Å². The first-order chi connectivity index (χ1) is 11.4. The van der Waals surface area contributed by atoms with Crippen LogP contribution in [0.3, 0.4) is 0 Å². The standard InChI is InChI=1S/C23H24/c1-2-11-22(20-14-7-4-8-15-20)23-17-10-9-16-21(23)18-19-12-5-3-6-13-19/h3-10,12-17,22H,2,11,18H2,1H3. The predicted molar refractivity (Wildman–Crippen MR) is 98.9 cm³/mol. The van der Waals surface area contributed by atoms with Gasteiger partial charge in [0.15, 0.2) is 0 Å². The third-order valence-electron chi connectivity index (χ3n) is 4.45. The Morgan fingerprint density at radius 2 is 1.30 bits per heavy atom. The van der Waals surface area contributed by atoms with Gasteiger partial charge in [-0.15, -0.1) is 0 Å². The molecule has 0 radical (unpaired) electrons. The lowest BCUT2D eigenvalue weighted by atomic mass is 9.83. The molecule has 0 heterocycles. The highest BCUT2D eigenvalue weighted by Crippen LogP contribution is 2.32. The first-order valence-electron chi connectivity index (χ1n) is 8.55. The fourth-order valence-corrected chi connectivity index (χ4v) is 3.33. The molecular weight excluding hydrogens is 276 g/mol. The minimum Gasteiger partial charge on any atom is -0.0653 e. The summed E-state index contributed by atoms with van der Waals surface area (Å²) in [6, 6.07) is 30.6. The largest absolute Gasteiger partial charge is 0.0653 e. The van der Waals surface area contributed by atoms with Gasteiger partial charge in [-0.05, 0) is 35.1 Å². The van der Waals surface area contributed by atoms with Gasteiger partial charge >= 0.3 is 0 Å². The molecule has 0 heteroatoms. The summed E-state index contributed by atoms with van der Waals surface area (Å²) in [5.41, 5.74) is 5.73. The first kappa shape index (κ1) is 15.6. The van der Waals surface area contributed by atoms with E-state index in [1.54, 1.807) is 0 Å². The zero-order valence-electron chi connectivity index (χ0n) is 13.8. The van der Waals surface area contributed by atoms with E-state index < -0.39 is 0 Å². The fourth-order valence-electron chi connectivity index (χ4n) is 3.33. The van der Waals surface area contributed by atoms with Crippen LogP contribution in [0.2, 0.25) is 0 Å². The van der Waals surface area contributed by atoms with Gasteiger partial charge in [0.1, 0.15) is 0 Å². The lowest BCUT2D eigenvalue weighted by molar-refractivity contribution is 0.692. The highest BCUT2D eigenvalue weighted by Gasteiger charge is 2.16. The highest BCUT2D eigenvalue weighted by atomic mass is 14.2. The summed E-state index contributed by atoms with van der Waals surface area (Å²) in [5.74, 6) is 0.487. The van der Waals surface area contributed by atoms with Crippen LogP contribution in [-0.2, 0) is 6.42 Å². The highest BCUT2D eigenvalue weighted by molar-refractivity contribution is 5.40. The van der Waals surface area contributed by atoms with Gasteiger partial charge in [0, 0.05) is 5.92 Å². The molecular formula is C23H24. The molecule has 3 aromatic rings. The third kappa shape index (κ3) is 3.90. The molecule has 0 N–H and O–H groups in total. The van der Waals surface area contributed by atoms with E-state index in [1.807, 2.05) is 0 Å². The molecule has 0 amide bonds. The van der Waals surface area contributed by atoms with Crippen molar-refractivity contribution < 1.29 is 0 Å². The number of hydrogen-bond acceptors (Lipinski definition) is 0. The Labute approximate surface area is 139 Å². The maximum atomic E-state index is 2.31. The number of benzene rings is 3. The van der Waals surface area contributed by atoms with Gasteiger partial charge in [0.25, 0.3) is 0 Å². The average Bonchev–Trinajstić information content (AvgIpc) is 2.62. The van der Waals surface area contributed by atoms with Crippen LogP contribution in [0.5, 0.6) is 0 Å². The quantitative estimate of drug-likeness (QED) is 0.507. The fraction of sp³-hybridized carbons (Fsp3) is 0.217. The normalized spacial score (nSPS) is 12.0. The van der Waals surface area contributed by atoms with Crippen molar-refractivity contribution >= 4 is 0 Å². The molecule has 3 rings (SSSR count). The van der Waals surface area contributed by atoms with Gasteiger partial charge < -0.3 is 0 Å². The Balaban J connectivity index is 1.97. The van der Waals surface area contributed by atoms with Gasteiger partial charge in [-0.3, -0.25) is 0 Å².